The van der Waals surface area contributed by atoms with Gasteiger partial charge in [-0.05, 0) is 38.5 Å². The molecule has 0 aliphatic rings. The van der Waals surface area contributed by atoms with Crippen molar-refractivity contribution < 1.29 is 9.53 Å². The van der Waals surface area contributed by atoms with Crippen LogP contribution in [-0.2, 0) is 0 Å². The minimum atomic E-state index is -0.0827. The van der Waals surface area contributed by atoms with E-state index < -0.39 is 0 Å². The van der Waals surface area contributed by atoms with Crippen LogP contribution in [0.4, 0.5) is 0 Å². The van der Waals surface area contributed by atoms with Crippen LogP contribution in [0.1, 0.15) is 27.3 Å². The molecule has 0 radical (unpaired) electrons. The lowest BCUT2D eigenvalue weighted by molar-refractivity contribution is 0.102. The molecule has 2 rings (SSSR count). The predicted octanol–water partition coefficient (Wildman–Crippen LogP) is 4.49. The zero-order valence-corrected chi connectivity index (χ0v) is 14.0. The fourth-order valence-corrected chi connectivity index (χ4v) is 2.77. The predicted molar refractivity (Wildman–Crippen MR) is 86.6 cm³/mol. The van der Waals surface area contributed by atoms with E-state index in [0.717, 1.165) is 22.6 Å². The summed E-state index contributed by atoms with van der Waals surface area (Å²) in [5, 5.41) is 0.648. The van der Waals surface area contributed by atoms with Gasteiger partial charge in [0.15, 0.2) is 5.78 Å². The number of Topliss-reactive ketones (excluding diaryl/α,β-unsaturated/α-hetero) is 1. The first-order valence-electron chi connectivity index (χ1n) is 6.53. The summed E-state index contributed by atoms with van der Waals surface area (Å²) in [5.41, 5.74) is 4.24. The molecule has 1 aromatic heterocycles. The molecule has 21 heavy (non-hydrogen) atoms. The van der Waals surface area contributed by atoms with E-state index in [9.17, 15) is 4.79 Å². The monoisotopic (exact) mass is 325 g/mol. The van der Waals surface area contributed by atoms with Gasteiger partial charge in [0, 0.05) is 28.0 Å². The van der Waals surface area contributed by atoms with Crippen LogP contribution in [-0.4, -0.2) is 23.3 Å². The second kappa shape index (κ2) is 6.12. The Balaban J connectivity index is 2.70. The van der Waals surface area contributed by atoms with Crippen molar-refractivity contribution in [1.82, 2.24) is 4.57 Å². The molecule has 1 aromatic carbocycles. The molecule has 1 heterocycles. The van der Waals surface area contributed by atoms with Crippen molar-refractivity contribution >= 4 is 29.0 Å². The van der Waals surface area contributed by atoms with Crippen LogP contribution in [0.2, 0.25) is 5.02 Å². The highest BCUT2D eigenvalue weighted by atomic mass is 35.5. The first-order chi connectivity index (χ1) is 9.90. The molecule has 0 unspecified atom stereocenters. The highest BCUT2D eigenvalue weighted by Crippen LogP contribution is 2.32. The Morgan fingerprint density at radius 2 is 1.90 bits per heavy atom. The Morgan fingerprint density at radius 3 is 2.48 bits per heavy atom. The highest BCUT2D eigenvalue weighted by Gasteiger charge is 2.18. The van der Waals surface area contributed by atoms with Crippen molar-refractivity contribution in [3.8, 4) is 11.4 Å². The van der Waals surface area contributed by atoms with Crippen LogP contribution in [0.25, 0.3) is 5.69 Å². The van der Waals surface area contributed by atoms with Crippen molar-refractivity contribution in [3.63, 3.8) is 0 Å². The van der Waals surface area contributed by atoms with E-state index in [1.54, 1.807) is 13.2 Å². The molecule has 0 amide bonds. The third-order valence-electron chi connectivity index (χ3n) is 3.55. The summed E-state index contributed by atoms with van der Waals surface area (Å²) >= 11 is 11.8. The lowest BCUT2D eigenvalue weighted by Crippen LogP contribution is -2.06. The van der Waals surface area contributed by atoms with Gasteiger partial charge in [0.05, 0.1) is 18.7 Å². The molecule has 0 spiro atoms. The molecule has 0 N–H and O–H groups in total. The van der Waals surface area contributed by atoms with Gasteiger partial charge in [0.1, 0.15) is 5.75 Å². The van der Waals surface area contributed by atoms with Gasteiger partial charge >= 0.3 is 0 Å². The number of ketones is 1. The summed E-state index contributed by atoms with van der Waals surface area (Å²) in [5.74, 6) is 0.555. The number of hydrogen-bond donors (Lipinski definition) is 0. The number of ether oxygens (including phenoxy) is 1. The summed E-state index contributed by atoms with van der Waals surface area (Å²) in [7, 11) is 1.60. The second-order valence-corrected chi connectivity index (χ2v) is 5.62. The van der Waals surface area contributed by atoms with E-state index in [-0.39, 0.29) is 11.7 Å². The molecular formula is C16H17Cl2NO2. The normalized spacial score (nSPS) is 10.8. The van der Waals surface area contributed by atoms with Gasteiger partial charge in [-0.1, -0.05) is 11.6 Å². The molecule has 0 aliphatic heterocycles. The van der Waals surface area contributed by atoms with Crippen molar-refractivity contribution in [2.75, 3.05) is 13.0 Å². The van der Waals surface area contributed by atoms with Crippen LogP contribution in [0.15, 0.2) is 18.2 Å². The number of alkyl halides is 1. The number of nitrogens with zero attached hydrogens (tertiary/aromatic N) is 1. The molecular weight excluding hydrogens is 309 g/mol. The molecule has 3 nitrogen and oxygen atoms in total. The third kappa shape index (κ3) is 2.81. The summed E-state index contributed by atoms with van der Waals surface area (Å²) < 4.78 is 7.41. The molecule has 0 atom stereocenters. The van der Waals surface area contributed by atoms with Crippen LogP contribution >= 0.6 is 23.2 Å². The largest absolute Gasteiger partial charge is 0.495 e. The molecule has 2 aromatic rings. The van der Waals surface area contributed by atoms with Crippen LogP contribution in [0.3, 0.4) is 0 Å². The Bertz CT molecular complexity index is 705. The zero-order chi connectivity index (χ0) is 15.7. The molecule has 0 saturated heterocycles. The van der Waals surface area contributed by atoms with Crippen molar-refractivity contribution in [1.29, 1.82) is 0 Å². The number of aromatic nitrogens is 1. The van der Waals surface area contributed by atoms with Gasteiger partial charge in [-0.2, -0.15) is 0 Å². The number of halogens is 2. The van der Waals surface area contributed by atoms with Gasteiger partial charge in [-0.3, -0.25) is 4.79 Å². The van der Waals surface area contributed by atoms with Gasteiger partial charge in [0.25, 0.3) is 0 Å². The van der Waals surface area contributed by atoms with E-state index in [1.807, 2.05) is 37.5 Å². The summed E-state index contributed by atoms with van der Waals surface area (Å²) in [6.07, 6.45) is 0. The first-order valence-corrected chi connectivity index (χ1v) is 7.44. The first kappa shape index (κ1) is 15.9. The average molecular weight is 326 g/mol. The molecule has 0 fully saturated rings. The Kier molecular flexibility index (Phi) is 4.64. The van der Waals surface area contributed by atoms with E-state index in [4.69, 9.17) is 27.9 Å². The number of benzene rings is 1. The van der Waals surface area contributed by atoms with E-state index >= 15 is 0 Å². The number of hydrogen-bond acceptors (Lipinski definition) is 2. The molecule has 112 valence electrons. The number of carbonyl (C=O) groups excluding carboxylic acids is 1. The molecule has 0 bridgehead atoms. The maximum absolute atomic E-state index is 11.9. The number of rotatable bonds is 4. The summed E-state index contributed by atoms with van der Waals surface area (Å²) in [6.45, 7) is 5.78. The lowest BCUT2D eigenvalue weighted by Gasteiger charge is -2.15. The smallest absolute Gasteiger partial charge is 0.179 e. The van der Waals surface area contributed by atoms with Crippen LogP contribution in [0, 0.1) is 20.8 Å². The minimum absolute atomic E-state index is 0.0267. The van der Waals surface area contributed by atoms with E-state index in [0.29, 0.717) is 16.3 Å². The number of carbonyl (C=O) groups is 1. The van der Waals surface area contributed by atoms with E-state index in [2.05, 4.69) is 0 Å². The van der Waals surface area contributed by atoms with Gasteiger partial charge < -0.3 is 9.30 Å². The Labute approximate surface area is 134 Å². The van der Waals surface area contributed by atoms with Crippen LogP contribution in [0.5, 0.6) is 5.75 Å². The quantitative estimate of drug-likeness (QED) is 0.612. The summed E-state index contributed by atoms with van der Waals surface area (Å²) in [4.78, 5) is 11.9. The maximum atomic E-state index is 11.9. The highest BCUT2D eigenvalue weighted by molar-refractivity contribution is 6.31. The van der Waals surface area contributed by atoms with Gasteiger partial charge in [-0.15, -0.1) is 11.6 Å². The summed E-state index contributed by atoms with van der Waals surface area (Å²) in [6, 6.07) is 5.59. The third-order valence-corrected chi connectivity index (χ3v) is 4.20. The van der Waals surface area contributed by atoms with Crippen molar-refractivity contribution in [2.45, 2.75) is 20.8 Å². The van der Waals surface area contributed by atoms with Gasteiger partial charge in [0.2, 0.25) is 0 Å². The topological polar surface area (TPSA) is 31.2 Å². The van der Waals surface area contributed by atoms with E-state index in [1.165, 1.54) is 0 Å². The fraction of sp³-hybridized carbons (Fsp3) is 0.312. The maximum Gasteiger partial charge on any atom is 0.179 e. The standard InChI is InChI=1S/C16H17Cl2NO2/c1-9-5-14(16(21-4)7-13(9)18)19-10(2)6-12(11(19)3)15(20)8-17/h5-7H,8H2,1-4H3. The Hall–Kier alpha value is -1.45. The van der Waals surface area contributed by atoms with Crippen molar-refractivity contribution in [3.05, 3.63) is 45.7 Å². The molecule has 0 aliphatic carbocycles. The minimum Gasteiger partial charge on any atom is -0.495 e. The van der Waals surface area contributed by atoms with Crippen molar-refractivity contribution in [2.24, 2.45) is 0 Å². The molecule has 0 saturated carbocycles. The fourth-order valence-electron chi connectivity index (χ4n) is 2.47. The molecule has 5 heteroatoms. The second-order valence-electron chi connectivity index (χ2n) is 4.95. The average Bonchev–Trinajstić information content (AvgIpc) is 2.75. The number of methoxy groups -OCH3 is 1. The zero-order valence-electron chi connectivity index (χ0n) is 12.5. The SMILES string of the molecule is COc1cc(Cl)c(C)cc1-n1c(C)cc(C(=O)CCl)c1C. The number of aryl methyl sites for hydroxylation is 2. The Morgan fingerprint density at radius 1 is 1.24 bits per heavy atom. The van der Waals surface area contributed by atoms with Gasteiger partial charge in [-0.25, -0.2) is 0 Å². The van der Waals surface area contributed by atoms with Crippen LogP contribution < -0.4 is 4.74 Å². The lowest BCUT2D eigenvalue weighted by atomic mass is 10.1.